The molecule has 1 heterocycles. The van der Waals surface area contributed by atoms with Gasteiger partial charge in [-0.05, 0) is 90.3 Å². The molecular weight excluding hydrogens is 571 g/mol. The van der Waals surface area contributed by atoms with Crippen molar-refractivity contribution in [3.63, 3.8) is 0 Å². The summed E-state index contributed by atoms with van der Waals surface area (Å²) in [6.45, 7) is 6.92. The lowest BCUT2D eigenvalue weighted by Crippen LogP contribution is -2.27. The average Bonchev–Trinajstić information content (AvgIpc) is 3.34. The van der Waals surface area contributed by atoms with E-state index in [1.165, 1.54) is 10.9 Å². The first-order valence-electron chi connectivity index (χ1n) is 13.9. The molecule has 218 valence electrons. The summed E-state index contributed by atoms with van der Waals surface area (Å²) in [6.07, 6.45) is 4.54. The highest BCUT2D eigenvalue weighted by Gasteiger charge is 2.33. The Morgan fingerprint density at radius 1 is 1.12 bits per heavy atom. The summed E-state index contributed by atoms with van der Waals surface area (Å²) in [5, 5.41) is 4.32. The lowest BCUT2D eigenvalue weighted by Gasteiger charge is -2.33. The minimum absolute atomic E-state index is 0.0822. The van der Waals surface area contributed by atoms with E-state index in [2.05, 4.69) is 26.1 Å². The second kappa shape index (κ2) is 12.7. The van der Waals surface area contributed by atoms with Crippen molar-refractivity contribution in [1.82, 2.24) is 0 Å². The Hall–Kier alpha value is -3.68. The quantitative estimate of drug-likeness (QED) is 0.204. The number of methoxy groups -OCH3 is 1. The third kappa shape index (κ3) is 6.85. The Labute approximate surface area is 255 Å². The molecule has 4 aromatic rings. The number of carbonyl (C=O) groups excluding carboxylic acids is 1. The molecule has 0 saturated carbocycles. The van der Waals surface area contributed by atoms with Crippen LogP contribution in [0.1, 0.15) is 59.1 Å². The molecule has 0 spiro atoms. The van der Waals surface area contributed by atoms with Crippen LogP contribution >= 0.6 is 22.9 Å². The number of hydrogen-bond acceptors (Lipinski definition) is 5. The van der Waals surface area contributed by atoms with Crippen LogP contribution in [0.5, 0.6) is 11.5 Å². The summed E-state index contributed by atoms with van der Waals surface area (Å²) < 4.78 is 25.4. The third-order valence-electron chi connectivity index (χ3n) is 7.66. The molecule has 0 aliphatic heterocycles. The molecule has 0 unspecified atom stereocenters. The predicted octanol–water partition coefficient (Wildman–Crippen LogP) is 9.28. The summed E-state index contributed by atoms with van der Waals surface area (Å²) in [6, 6.07) is 19.1. The number of fused-ring (bicyclic) bond motifs is 1. The van der Waals surface area contributed by atoms with Gasteiger partial charge < -0.3 is 14.8 Å². The normalized spacial score (nSPS) is 15.0. The number of nitrogens with one attached hydrogen (secondary N) is 1. The monoisotopic (exact) mass is 604 g/mol. The van der Waals surface area contributed by atoms with E-state index in [4.69, 9.17) is 26.1 Å². The smallest absolute Gasteiger partial charge is 0.259 e. The largest absolute Gasteiger partial charge is 0.493 e. The number of thiophene rings is 1. The van der Waals surface area contributed by atoms with Crippen molar-refractivity contribution in [2.24, 2.45) is 16.3 Å². The summed E-state index contributed by atoms with van der Waals surface area (Å²) in [5.74, 6) is 1.05. The minimum atomic E-state index is -0.316. The Morgan fingerprint density at radius 2 is 1.88 bits per heavy atom. The van der Waals surface area contributed by atoms with Gasteiger partial charge in [-0.2, -0.15) is 0 Å². The maximum absolute atomic E-state index is 14.0. The Morgan fingerprint density at radius 3 is 2.60 bits per heavy atom. The third-order valence-corrected chi connectivity index (χ3v) is 9.07. The number of benzene rings is 3. The number of anilines is 1. The van der Waals surface area contributed by atoms with Gasteiger partial charge in [-0.3, -0.25) is 4.79 Å². The van der Waals surface area contributed by atoms with Crippen molar-refractivity contribution in [1.29, 1.82) is 0 Å². The molecule has 3 aromatic carbocycles. The molecule has 1 aliphatic rings. The van der Waals surface area contributed by atoms with E-state index in [-0.39, 0.29) is 23.7 Å². The van der Waals surface area contributed by atoms with Gasteiger partial charge in [0.05, 0.1) is 12.7 Å². The summed E-state index contributed by atoms with van der Waals surface area (Å²) >= 11 is 7.63. The molecule has 42 heavy (non-hydrogen) atoms. The zero-order chi connectivity index (χ0) is 29.9. The highest BCUT2D eigenvalue weighted by Crippen LogP contribution is 2.45. The van der Waals surface area contributed by atoms with Crippen LogP contribution in [0.2, 0.25) is 5.02 Å². The second-order valence-electron chi connectivity index (χ2n) is 11.5. The number of carbonyl (C=O) groups is 1. The highest BCUT2D eigenvalue weighted by atomic mass is 35.5. The van der Waals surface area contributed by atoms with Gasteiger partial charge in [0.15, 0.2) is 11.5 Å². The summed E-state index contributed by atoms with van der Waals surface area (Å²) in [7, 11) is 1.56. The number of rotatable bonds is 8. The van der Waals surface area contributed by atoms with Gasteiger partial charge in [-0.15, -0.1) is 11.3 Å². The standard InChI is InChI=1S/C34H34ClFN2O3S/c1-34(2,3)23-10-15-26-30(18-23)42-33(31(26)32(39)38-25-13-11-24(35)12-14-25)37-19-21-9-16-28(29(17-21)40-4)41-20-22-7-5-6-8-27(22)36/h5-9,11-14,16-17,19,23H,10,15,18,20H2,1-4H3,(H,38,39)/t23-/m0/s1. The van der Waals surface area contributed by atoms with Crippen LogP contribution in [0.3, 0.4) is 0 Å². The average molecular weight is 605 g/mol. The molecule has 5 rings (SSSR count). The molecule has 1 aromatic heterocycles. The maximum Gasteiger partial charge on any atom is 0.259 e. The summed E-state index contributed by atoms with van der Waals surface area (Å²) in [4.78, 5) is 19.7. The van der Waals surface area contributed by atoms with Crippen molar-refractivity contribution in [3.05, 3.63) is 105 Å². The van der Waals surface area contributed by atoms with E-state index < -0.39 is 0 Å². The van der Waals surface area contributed by atoms with Gasteiger partial charge in [0.2, 0.25) is 0 Å². The van der Waals surface area contributed by atoms with Gasteiger partial charge in [0, 0.05) is 27.4 Å². The summed E-state index contributed by atoms with van der Waals surface area (Å²) in [5.41, 5.74) is 3.83. The number of halogens is 2. The predicted molar refractivity (Wildman–Crippen MR) is 170 cm³/mol. The van der Waals surface area contributed by atoms with Crippen LogP contribution in [0.25, 0.3) is 0 Å². The van der Waals surface area contributed by atoms with E-state index >= 15 is 0 Å². The lowest BCUT2D eigenvalue weighted by atomic mass is 9.72. The van der Waals surface area contributed by atoms with Crippen molar-refractivity contribution >= 4 is 45.7 Å². The van der Waals surface area contributed by atoms with Crippen LogP contribution in [-0.4, -0.2) is 19.2 Å². The number of hydrogen-bond donors (Lipinski definition) is 1. The molecule has 1 aliphatic carbocycles. The Kier molecular flexibility index (Phi) is 8.99. The number of amides is 1. The Bertz CT molecular complexity index is 1610. The van der Waals surface area contributed by atoms with Crippen LogP contribution in [0, 0.1) is 17.2 Å². The van der Waals surface area contributed by atoms with E-state index in [1.54, 1.807) is 73.2 Å². The first-order chi connectivity index (χ1) is 20.1. The van der Waals surface area contributed by atoms with Gasteiger partial charge in [-0.25, -0.2) is 9.38 Å². The van der Waals surface area contributed by atoms with Gasteiger partial charge in [0.1, 0.15) is 17.4 Å². The fraction of sp³-hybridized carbons (Fsp3) is 0.294. The van der Waals surface area contributed by atoms with Crippen LogP contribution in [0.4, 0.5) is 15.1 Å². The van der Waals surface area contributed by atoms with Crippen molar-refractivity contribution in [2.45, 2.75) is 46.6 Å². The van der Waals surface area contributed by atoms with Gasteiger partial charge in [-0.1, -0.05) is 50.6 Å². The molecule has 0 saturated heterocycles. The van der Waals surface area contributed by atoms with Gasteiger partial charge in [0.25, 0.3) is 5.91 Å². The first-order valence-corrected chi connectivity index (χ1v) is 15.1. The van der Waals surface area contributed by atoms with E-state index in [0.29, 0.717) is 44.3 Å². The molecule has 0 radical (unpaired) electrons. The highest BCUT2D eigenvalue weighted by molar-refractivity contribution is 7.16. The fourth-order valence-electron chi connectivity index (χ4n) is 5.15. The topological polar surface area (TPSA) is 59.9 Å². The molecule has 0 fully saturated rings. The number of aliphatic imine (C=N–C) groups is 1. The van der Waals surface area contributed by atoms with E-state index in [0.717, 1.165) is 30.4 Å². The van der Waals surface area contributed by atoms with E-state index in [9.17, 15) is 9.18 Å². The number of ether oxygens (including phenoxy) is 2. The second-order valence-corrected chi connectivity index (χ2v) is 13.0. The molecule has 0 bridgehead atoms. The molecule has 5 nitrogen and oxygen atoms in total. The first kappa shape index (κ1) is 29.8. The molecule has 1 N–H and O–H groups in total. The van der Waals surface area contributed by atoms with Crippen molar-refractivity contribution < 1.29 is 18.7 Å². The molecular formula is C34H34ClFN2O3S. The zero-order valence-corrected chi connectivity index (χ0v) is 25.7. The van der Waals surface area contributed by atoms with Crippen molar-refractivity contribution in [3.8, 4) is 11.5 Å². The zero-order valence-electron chi connectivity index (χ0n) is 24.2. The minimum Gasteiger partial charge on any atom is -0.493 e. The lowest BCUT2D eigenvalue weighted by molar-refractivity contribution is 0.102. The van der Waals surface area contributed by atoms with Gasteiger partial charge >= 0.3 is 0 Å². The Balaban J connectivity index is 1.42. The maximum atomic E-state index is 14.0. The van der Waals surface area contributed by atoms with Crippen LogP contribution in [-0.2, 0) is 19.4 Å². The van der Waals surface area contributed by atoms with Crippen molar-refractivity contribution in [2.75, 3.05) is 12.4 Å². The number of nitrogens with zero attached hydrogens (tertiary/aromatic N) is 1. The molecule has 1 amide bonds. The van der Waals surface area contributed by atoms with E-state index in [1.807, 2.05) is 12.1 Å². The fourth-order valence-corrected chi connectivity index (χ4v) is 6.55. The van der Waals surface area contributed by atoms with Crippen LogP contribution < -0.4 is 14.8 Å². The molecule has 1 atom stereocenters. The molecule has 8 heteroatoms. The van der Waals surface area contributed by atoms with Crippen LogP contribution in [0.15, 0.2) is 71.7 Å². The SMILES string of the molecule is COc1cc(C=Nc2sc3c(c2C(=O)Nc2ccc(Cl)cc2)CC[C@H](C(C)(C)C)C3)ccc1OCc1ccccc1F.